The molecule has 1 N–H and O–H groups in total. The Hall–Kier alpha value is -2.56. The van der Waals surface area contributed by atoms with Crippen molar-refractivity contribution in [1.29, 1.82) is 0 Å². The molecule has 0 atom stereocenters. The van der Waals surface area contributed by atoms with E-state index < -0.39 is 5.97 Å². The summed E-state index contributed by atoms with van der Waals surface area (Å²) in [7, 11) is 1.41. The van der Waals surface area contributed by atoms with Gasteiger partial charge in [-0.1, -0.05) is 12.1 Å². The molecule has 0 radical (unpaired) electrons. The van der Waals surface area contributed by atoms with E-state index in [0.29, 0.717) is 11.3 Å². The van der Waals surface area contributed by atoms with Crippen LogP contribution in [0.25, 0.3) is 0 Å². The van der Waals surface area contributed by atoms with E-state index in [1.54, 1.807) is 24.3 Å². The molecule has 2 aromatic rings. The maximum Gasteiger partial charge on any atom is 0.339 e. The quantitative estimate of drug-likeness (QED) is 0.911. The van der Waals surface area contributed by atoms with Gasteiger partial charge in [0.1, 0.15) is 29.5 Å². The van der Waals surface area contributed by atoms with Crippen LogP contribution in [0, 0.1) is 5.82 Å². The number of rotatable bonds is 5. The Labute approximate surface area is 115 Å². The van der Waals surface area contributed by atoms with E-state index in [0.717, 1.165) is 0 Å². The van der Waals surface area contributed by atoms with Gasteiger partial charge >= 0.3 is 5.97 Å². The molecule has 0 saturated heterocycles. The summed E-state index contributed by atoms with van der Waals surface area (Å²) in [4.78, 5) is 11.1. The standard InChI is InChI=1S/C15H13FO4/c1-19-14-6-5-10(7-13(14)15(17)18)9-20-12-4-2-3-11(16)8-12/h2-8H,9H2,1H3,(H,17,18). The number of methoxy groups -OCH3 is 1. The predicted molar refractivity (Wildman–Crippen MR) is 70.7 cm³/mol. The summed E-state index contributed by atoms with van der Waals surface area (Å²) >= 11 is 0. The van der Waals surface area contributed by atoms with Crippen LogP contribution in [0.5, 0.6) is 11.5 Å². The van der Waals surface area contributed by atoms with Gasteiger partial charge in [0.05, 0.1) is 7.11 Å². The van der Waals surface area contributed by atoms with Gasteiger partial charge in [-0.3, -0.25) is 0 Å². The van der Waals surface area contributed by atoms with Crippen LogP contribution >= 0.6 is 0 Å². The lowest BCUT2D eigenvalue weighted by Gasteiger charge is -2.09. The molecular formula is C15H13FO4. The van der Waals surface area contributed by atoms with E-state index >= 15 is 0 Å². The zero-order chi connectivity index (χ0) is 14.5. The lowest BCUT2D eigenvalue weighted by Crippen LogP contribution is -2.03. The second kappa shape index (κ2) is 6.06. The lowest BCUT2D eigenvalue weighted by molar-refractivity contribution is 0.0693. The second-order valence-corrected chi connectivity index (χ2v) is 4.09. The average Bonchev–Trinajstić information content (AvgIpc) is 2.45. The van der Waals surface area contributed by atoms with Crippen LogP contribution < -0.4 is 9.47 Å². The molecular weight excluding hydrogens is 263 g/mol. The number of halogens is 1. The van der Waals surface area contributed by atoms with Gasteiger partial charge in [0.2, 0.25) is 0 Å². The third-order valence-electron chi connectivity index (χ3n) is 2.70. The molecule has 0 aromatic heterocycles. The fourth-order valence-electron chi connectivity index (χ4n) is 1.74. The van der Waals surface area contributed by atoms with Crippen LogP contribution in [0.4, 0.5) is 4.39 Å². The first kappa shape index (κ1) is 13.9. The highest BCUT2D eigenvalue weighted by Gasteiger charge is 2.11. The summed E-state index contributed by atoms with van der Waals surface area (Å²) in [5.41, 5.74) is 0.723. The van der Waals surface area contributed by atoms with Gasteiger partial charge in [0.25, 0.3) is 0 Å². The van der Waals surface area contributed by atoms with Crippen molar-refractivity contribution in [3.63, 3.8) is 0 Å². The molecule has 2 rings (SSSR count). The Bertz CT molecular complexity index is 625. The van der Waals surface area contributed by atoms with E-state index in [1.165, 1.54) is 25.3 Å². The van der Waals surface area contributed by atoms with Crippen molar-refractivity contribution in [2.45, 2.75) is 6.61 Å². The van der Waals surface area contributed by atoms with Crippen molar-refractivity contribution in [2.24, 2.45) is 0 Å². The molecule has 104 valence electrons. The fraction of sp³-hybridized carbons (Fsp3) is 0.133. The smallest absolute Gasteiger partial charge is 0.339 e. The Morgan fingerprint density at radius 3 is 2.70 bits per heavy atom. The largest absolute Gasteiger partial charge is 0.496 e. The number of benzene rings is 2. The molecule has 0 amide bonds. The molecule has 0 aliphatic rings. The van der Waals surface area contributed by atoms with E-state index in [1.807, 2.05) is 0 Å². The van der Waals surface area contributed by atoms with Gasteiger partial charge in [-0.25, -0.2) is 9.18 Å². The van der Waals surface area contributed by atoms with Crippen LogP contribution in [0.2, 0.25) is 0 Å². The number of carboxylic acids is 1. The van der Waals surface area contributed by atoms with Crippen molar-refractivity contribution in [1.82, 2.24) is 0 Å². The van der Waals surface area contributed by atoms with E-state index in [4.69, 9.17) is 14.6 Å². The Balaban J connectivity index is 2.14. The topological polar surface area (TPSA) is 55.8 Å². The van der Waals surface area contributed by atoms with E-state index in [2.05, 4.69) is 0 Å². The molecule has 0 unspecified atom stereocenters. The first-order chi connectivity index (χ1) is 9.60. The predicted octanol–water partition coefficient (Wildman–Crippen LogP) is 3.11. The number of aromatic carboxylic acids is 1. The molecule has 20 heavy (non-hydrogen) atoms. The molecule has 0 aliphatic carbocycles. The normalized spacial score (nSPS) is 10.1. The Morgan fingerprint density at radius 1 is 1.25 bits per heavy atom. The molecule has 0 aliphatic heterocycles. The first-order valence-corrected chi connectivity index (χ1v) is 5.88. The van der Waals surface area contributed by atoms with Crippen molar-refractivity contribution < 1.29 is 23.8 Å². The van der Waals surface area contributed by atoms with Crippen LogP contribution in [-0.4, -0.2) is 18.2 Å². The molecule has 0 spiro atoms. The number of carboxylic acid groups (broad SMARTS) is 1. The van der Waals surface area contributed by atoms with Gasteiger partial charge < -0.3 is 14.6 Å². The van der Waals surface area contributed by atoms with Crippen LogP contribution in [-0.2, 0) is 6.61 Å². The summed E-state index contributed by atoms with van der Waals surface area (Å²) in [6.45, 7) is 0.147. The van der Waals surface area contributed by atoms with Gasteiger partial charge in [-0.05, 0) is 29.8 Å². The number of ether oxygens (including phenoxy) is 2. The number of hydrogen-bond donors (Lipinski definition) is 1. The second-order valence-electron chi connectivity index (χ2n) is 4.09. The van der Waals surface area contributed by atoms with Crippen LogP contribution in [0.15, 0.2) is 42.5 Å². The SMILES string of the molecule is COc1ccc(COc2cccc(F)c2)cc1C(=O)O. The zero-order valence-electron chi connectivity index (χ0n) is 10.8. The zero-order valence-corrected chi connectivity index (χ0v) is 10.8. The highest BCUT2D eigenvalue weighted by Crippen LogP contribution is 2.21. The molecule has 0 bridgehead atoms. The van der Waals surface area contributed by atoms with Gasteiger partial charge in [-0.15, -0.1) is 0 Å². The third-order valence-corrected chi connectivity index (χ3v) is 2.70. The minimum atomic E-state index is -1.07. The maximum atomic E-state index is 13.0. The highest BCUT2D eigenvalue weighted by molar-refractivity contribution is 5.91. The minimum Gasteiger partial charge on any atom is -0.496 e. The molecule has 5 heteroatoms. The fourth-order valence-corrected chi connectivity index (χ4v) is 1.74. The molecule has 2 aromatic carbocycles. The van der Waals surface area contributed by atoms with Gasteiger partial charge in [0.15, 0.2) is 0 Å². The lowest BCUT2D eigenvalue weighted by atomic mass is 10.1. The van der Waals surface area contributed by atoms with Crippen molar-refractivity contribution in [3.8, 4) is 11.5 Å². The summed E-state index contributed by atoms with van der Waals surface area (Å²) in [6.07, 6.45) is 0. The number of carbonyl (C=O) groups is 1. The Kier molecular flexibility index (Phi) is 4.20. The minimum absolute atomic E-state index is 0.0628. The maximum absolute atomic E-state index is 13.0. The van der Waals surface area contributed by atoms with Crippen molar-refractivity contribution >= 4 is 5.97 Å². The van der Waals surface area contributed by atoms with Crippen molar-refractivity contribution in [3.05, 3.63) is 59.4 Å². The van der Waals surface area contributed by atoms with E-state index in [-0.39, 0.29) is 23.7 Å². The van der Waals surface area contributed by atoms with Crippen LogP contribution in [0.3, 0.4) is 0 Å². The number of hydrogen-bond acceptors (Lipinski definition) is 3. The first-order valence-electron chi connectivity index (χ1n) is 5.88. The summed E-state index contributed by atoms with van der Waals surface area (Å²) < 4.78 is 23.4. The monoisotopic (exact) mass is 276 g/mol. The van der Waals surface area contributed by atoms with Gasteiger partial charge in [0, 0.05) is 6.07 Å². The van der Waals surface area contributed by atoms with E-state index in [9.17, 15) is 9.18 Å². The summed E-state index contributed by atoms with van der Waals surface area (Å²) in [5.74, 6) is -0.789. The molecule has 4 nitrogen and oxygen atoms in total. The van der Waals surface area contributed by atoms with Crippen LogP contribution in [0.1, 0.15) is 15.9 Å². The molecule has 0 heterocycles. The molecule has 0 fully saturated rings. The highest BCUT2D eigenvalue weighted by atomic mass is 19.1. The summed E-state index contributed by atoms with van der Waals surface area (Å²) in [6, 6.07) is 10.5. The third kappa shape index (κ3) is 3.26. The summed E-state index contributed by atoms with van der Waals surface area (Å²) in [5, 5.41) is 9.07. The Morgan fingerprint density at radius 2 is 2.05 bits per heavy atom. The van der Waals surface area contributed by atoms with Gasteiger partial charge in [-0.2, -0.15) is 0 Å². The molecule has 0 saturated carbocycles. The van der Waals surface area contributed by atoms with Crippen molar-refractivity contribution in [2.75, 3.05) is 7.11 Å². The average molecular weight is 276 g/mol.